The van der Waals surface area contributed by atoms with E-state index in [0.717, 1.165) is 32.1 Å². The predicted octanol–water partition coefficient (Wildman–Crippen LogP) is 1.11. The van der Waals surface area contributed by atoms with Crippen molar-refractivity contribution in [3.63, 3.8) is 0 Å². The Hall–Kier alpha value is -1.27. The minimum Gasteiger partial charge on any atom is -0.352 e. The summed E-state index contributed by atoms with van der Waals surface area (Å²) in [5.74, 6) is -2.66. The number of hydrogen-bond donors (Lipinski definition) is 2. The zero-order chi connectivity index (χ0) is 12.9. The summed E-state index contributed by atoms with van der Waals surface area (Å²) in [4.78, 5) is 21.7. The summed E-state index contributed by atoms with van der Waals surface area (Å²) in [5, 5.41) is 4.14. The molecule has 1 aliphatic carbocycles. The Bertz CT molecular complexity index is 286. The van der Waals surface area contributed by atoms with Gasteiger partial charge in [-0.1, -0.05) is 19.3 Å². The first-order valence-corrected chi connectivity index (χ1v) is 5.54. The maximum Gasteiger partial charge on any atom is 0.471 e. The third kappa shape index (κ3) is 5.06. The average molecular weight is 252 g/mol. The second-order valence-electron chi connectivity index (χ2n) is 4.08. The van der Waals surface area contributed by atoms with E-state index in [-0.39, 0.29) is 6.04 Å². The Morgan fingerprint density at radius 3 is 2.24 bits per heavy atom. The van der Waals surface area contributed by atoms with Crippen molar-refractivity contribution in [2.24, 2.45) is 0 Å². The fraction of sp³-hybridized carbons (Fsp3) is 0.800. The Morgan fingerprint density at radius 1 is 1.12 bits per heavy atom. The highest BCUT2D eigenvalue weighted by Crippen LogP contribution is 2.17. The van der Waals surface area contributed by atoms with Crippen LogP contribution in [-0.4, -0.2) is 30.6 Å². The van der Waals surface area contributed by atoms with E-state index < -0.39 is 24.5 Å². The lowest BCUT2D eigenvalue weighted by Crippen LogP contribution is -2.45. The van der Waals surface area contributed by atoms with Gasteiger partial charge in [0.25, 0.3) is 0 Å². The molecule has 0 radical (unpaired) electrons. The normalized spacial score (nSPS) is 17.6. The number of carbonyl (C=O) groups is 2. The molecule has 2 N–H and O–H groups in total. The minimum atomic E-state index is -4.94. The molecule has 1 rings (SSSR count). The zero-order valence-corrected chi connectivity index (χ0v) is 9.27. The van der Waals surface area contributed by atoms with Crippen LogP contribution < -0.4 is 10.6 Å². The topological polar surface area (TPSA) is 58.2 Å². The monoisotopic (exact) mass is 252 g/mol. The first kappa shape index (κ1) is 13.8. The molecule has 0 spiro atoms. The van der Waals surface area contributed by atoms with E-state index in [9.17, 15) is 22.8 Å². The minimum absolute atomic E-state index is 0.0269. The van der Waals surface area contributed by atoms with Crippen LogP contribution in [0.15, 0.2) is 0 Å². The molecule has 17 heavy (non-hydrogen) atoms. The molecule has 1 fully saturated rings. The molecular formula is C10H15F3N2O2. The summed E-state index contributed by atoms with van der Waals surface area (Å²) >= 11 is 0. The van der Waals surface area contributed by atoms with E-state index in [2.05, 4.69) is 5.32 Å². The van der Waals surface area contributed by atoms with Crippen LogP contribution in [0.4, 0.5) is 13.2 Å². The molecule has 98 valence electrons. The van der Waals surface area contributed by atoms with Crippen molar-refractivity contribution >= 4 is 11.8 Å². The lowest BCUT2D eigenvalue weighted by molar-refractivity contribution is -0.173. The summed E-state index contributed by atoms with van der Waals surface area (Å²) in [6, 6.07) is 0.0269. The van der Waals surface area contributed by atoms with Gasteiger partial charge in [0.2, 0.25) is 5.91 Å². The quantitative estimate of drug-likeness (QED) is 0.790. The van der Waals surface area contributed by atoms with E-state index in [1.54, 1.807) is 0 Å². The van der Waals surface area contributed by atoms with Crippen LogP contribution in [0.3, 0.4) is 0 Å². The standard InChI is InChI=1S/C10H15F3N2O2/c11-10(12,13)9(17)14-6-8(16)15-7-4-2-1-3-5-7/h7H,1-6H2,(H,14,17)(H,15,16). The van der Waals surface area contributed by atoms with E-state index in [1.165, 1.54) is 5.32 Å². The molecule has 1 aliphatic rings. The summed E-state index contributed by atoms with van der Waals surface area (Å²) in [7, 11) is 0. The van der Waals surface area contributed by atoms with Gasteiger partial charge in [-0.2, -0.15) is 13.2 Å². The van der Waals surface area contributed by atoms with Crippen LogP contribution >= 0.6 is 0 Å². The highest BCUT2D eigenvalue weighted by Gasteiger charge is 2.38. The second kappa shape index (κ2) is 5.88. The molecular weight excluding hydrogens is 237 g/mol. The molecule has 1 saturated carbocycles. The molecule has 0 bridgehead atoms. The summed E-state index contributed by atoms with van der Waals surface area (Å²) in [6.45, 7) is -0.630. The Balaban J connectivity index is 2.23. The predicted molar refractivity (Wildman–Crippen MR) is 54.1 cm³/mol. The summed E-state index contributed by atoms with van der Waals surface area (Å²) in [5.41, 5.74) is 0. The van der Waals surface area contributed by atoms with Crippen LogP contribution in [0.2, 0.25) is 0 Å². The van der Waals surface area contributed by atoms with Crippen molar-refractivity contribution in [3.8, 4) is 0 Å². The Kier molecular flexibility index (Phi) is 4.77. The number of hydrogen-bond acceptors (Lipinski definition) is 2. The van der Waals surface area contributed by atoms with Crippen LogP contribution in [0, 0.1) is 0 Å². The van der Waals surface area contributed by atoms with Crippen molar-refractivity contribution < 1.29 is 22.8 Å². The molecule has 2 amide bonds. The largest absolute Gasteiger partial charge is 0.471 e. The van der Waals surface area contributed by atoms with Crippen molar-refractivity contribution in [3.05, 3.63) is 0 Å². The van der Waals surface area contributed by atoms with Gasteiger partial charge in [0.15, 0.2) is 0 Å². The number of rotatable bonds is 3. The Morgan fingerprint density at radius 2 is 1.71 bits per heavy atom. The van der Waals surface area contributed by atoms with Crippen LogP contribution in [-0.2, 0) is 9.59 Å². The molecule has 0 aliphatic heterocycles. The van der Waals surface area contributed by atoms with Gasteiger partial charge in [0.1, 0.15) is 0 Å². The molecule has 0 aromatic heterocycles. The van der Waals surface area contributed by atoms with E-state index in [1.807, 2.05) is 0 Å². The first-order chi connectivity index (χ1) is 7.89. The number of alkyl halides is 3. The van der Waals surface area contributed by atoms with Gasteiger partial charge in [-0.15, -0.1) is 0 Å². The molecule has 0 aromatic carbocycles. The highest BCUT2D eigenvalue weighted by atomic mass is 19.4. The van der Waals surface area contributed by atoms with Crippen molar-refractivity contribution in [2.45, 2.75) is 44.3 Å². The molecule has 0 atom stereocenters. The molecule has 0 aromatic rings. The van der Waals surface area contributed by atoms with Crippen LogP contribution in [0.1, 0.15) is 32.1 Å². The number of amides is 2. The summed E-state index contributed by atoms with van der Waals surface area (Å²) < 4.78 is 35.4. The maximum absolute atomic E-state index is 11.8. The van der Waals surface area contributed by atoms with Gasteiger partial charge >= 0.3 is 12.1 Å². The fourth-order valence-electron chi connectivity index (χ4n) is 1.79. The maximum atomic E-state index is 11.8. The molecule has 7 heteroatoms. The Labute approximate surface area is 96.9 Å². The zero-order valence-electron chi connectivity index (χ0n) is 9.27. The van der Waals surface area contributed by atoms with Crippen LogP contribution in [0.5, 0.6) is 0 Å². The fourth-order valence-corrected chi connectivity index (χ4v) is 1.79. The van der Waals surface area contributed by atoms with E-state index >= 15 is 0 Å². The summed E-state index contributed by atoms with van der Waals surface area (Å²) in [6.07, 6.45) is -0.0973. The lowest BCUT2D eigenvalue weighted by atomic mass is 9.95. The van der Waals surface area contributed by atoms with Gasteiger partial charge < -0.3 is 10.6 Å². The van der Waals surface area contributed by atoms with Gasteiger partial charge in [0.05, 0.1) is 6.54 Å². The number of halogens is 3. The lowest BCUT2D eigenvalue weighted by Gasteiger charge is -2.22. The number of carbonyl (C=O) groups excluding carboxylic acids is 2. The second-order valence-corrected chi connectivity index (χ2v) is 4.08. The van der Waals surface area contributed by atoms with Gasteiger partial charge in [-0.25, -0.2) is 0 Å². The van der Waals surface area contributed by atoms with Crippen molar-refractivity contribution in [1.82, 2.24) is 10.6 Å². The van der Waals surface area contributed by atoms with Gasteiger partial charge in [0, 0.05) is 6.04 Å². The third-order valence-electron chi connectivity index (χ3n) is 2.64. The third-order valence-corrected chi connectivity index (χ3v) is 2.64. The SMILES string of the molecule is O=C(CNC(=O)C(F)(F)F)NC1CCCCC1. The first-order valence-electron chi connectivity index (χ1n) is 5.54. The highest BCUT2D eigenvalue weighted by molar-refractivity contribution is 5.87. The van der Waals surface area contributed by atoms with Crippen molar-refractivity contribution in [1.29, 1.82) is 0 Å². The molecule has 4 nitrogen and oxygen atoms in total. The van der Waals surface area contributed by atoms with Gasteiger partial charge in [-0.05, 0) is 12.8 Å². The van der Waals surface area contributed by atoms with Gasteiger partial charge in [-0.3, -0.25) is 9.59 Å². The number of nitrogens with one attached hydrogen (secondary N) is 2. The molecule has 0 unspecified atom stereocenters. The van der Waals surface area contributed by atoms with E-state index in [4.69, 9.17) is 0 Å². The van der Waals surface area contributed by atoms with E-state index in [0.29, 0.717) is 0 Å². The van der Waals surface area contributed by atoms with Crippen LogP contribution in [0.25, 0.3) is 0 Å². The smallest absolute Gasteiger partial charge is 0.352 e. The average Bonchev–Trinajstić information content (AvgIpc) is 2.26. The van der Waals surface area contributed by atoms with Crippen molar-refractivity contribution in [2.75, 3.05) is 6.54 Å². The molecule has 0 saturated heterocycles. The molecule has 0 heterocycles.